The van der Waals surface area contributed by atoms with Crippen molar-refractivity contribution in [1.82, 2.24) is 4.98 Å². The van der Waals surface area contributed by atoms with Crippen molar-refractivity contribution in [3.05, 3.63) is 42.2 Å². The Morgan fingerprint density at radius 1 is 0.680 bits per heavy atom. The van der Waals surface area contributed by atoms with Gasteiger partial charge < -0.3 is 0 Å². The third-order valence-electron chi connectivity index (χ3n) is 5.02. The SMILES string of the molecule is Br.CCCCCCCCCCCCCCc1nccc2ccccc12. The first kappa shape index (κ1) is 22.2. The van der Waals surface area contributed by atoms with E-state index in [-0.39, 0.29) is 17.0 Å². The second-order valence-corrected chi connectivity index (χ2v) is 7.12. The maximum absolute atomic E-state index is 4.60. The van der Waals surface area contributed by atoms with Crippen LogP contribution in [-0.4, -0.2) is 4.98 Å². The fraction of sp³-hybridized carbons (Fsp3) is 0.609. The van der Waals surface area contributed by atoms with E-state index in [0.29, 0.717) is 0 Å². The number of aromatic nitrogens is 1. The summed E-state index contributed by atoms with van der Waals surface area (Å²) >= 11 is 0. The van der Waals surface area contributed by atoms with Crippen molar-refractivity contribution in [1.29, 1.82) is 0 Å². The van der Waals surface area contributed by atoms with Crippen LogP contribution < -0.4 is 0 Å². The Morgan fingerprint density at radius 3 is 1.88 bits per heavy atom. The molecule has 0 aliphatic carbocycles. The van der Waals surface area contributed by atoms with Crippen LogP contribution in [-0.2, 0) is 6.42 Å². The normalized spacial score (nSPS) is 10.8. The Kier molecular flexibility index (Phi) is 12.7. The van der Waals surface area contributed by atoms with E-state index in [1.807, 2.05) is 6.20 Å². The second kappa shape index (κ2) is 14.3. The number of fused-ring (bicyclic) bond motifs is 1. The molecule has 2 aromatic rings. The third kappa shape index (κ3) is 8.85. The minimum Gasteiger partial charge on any atom is -0.261 e. The molecule has 0 saturated carbocycles. The van der Waals surface area contributed by atoms with Crippen LogP contribution in [0.5, 0.6) is 0 Å². The van der Waals surface area contributed by atoms with Gasteiger partial charge in [0, 0.05) is 17.3 Å². The molecular formula is C23H36BrN. The molecule has 2 rings (SSSR count). The third-order valence-corrected chi connectivity index (χ3v) is 5.02. The van der Waals surface area contributed by atoms with Crippen molar-refractivity contribution >= 4 is 27.8 Å². The lowest BCUT2D eigenvalue weighted by Gasteiger charge is -2.06. The van der Waals surface area contributed by atoms with Gasteiger partial charge in [0.25, 0.3) is 0 Å². The summed E-state index contributed by atoms with van der Waals surface area (Å²) < 4.78 is 0. The molecule has 0 atom stereocenters. The number of aryl methyl sites for hydroxylation is 1. The number of rotatable bonds is 13. The summed E-state index contributed by atoms with van der Waals surface area (Å²) in [6.07, 6.45) is 20.0. The first-order chi connectivity index (χ1) is 11.9. The van der Waals surface area contributed by atoms with Crippen molar-refractivity contribution in [2.45, 2.75) is 90.4 Å². The van der Waals surface area contributed by atoms with Gasteiger partial charge in [0.2, 0.25) is 0 Å². The molecule has 0 fully saturated rings. The summed E-state index contributed by atoms with van der Waals surface area (Å²) in [5.41, 5.74) is 1.28. The molecule has 1 heterocycles. The van der Waals surface area contributed by atoms with Crippen molar-refractivity contribution in [3.63, 3.8) is 0 Å². The van der Waals surface area contributed by atoms with Crippen LogP contribution in [0, 0.1) is 0 Å². The molecule has 0 amide bonds. The maximum atomic E-state index is 4.60. The molecule has 0 radical (unpaired) electrons. The highest BCUT2D eigenvalue weighted by molar-refractivity contribution is 8.93. The van der Waals surface area contributed by atoms with E-state index in [2.05, 4.69) is 42.2 Å². The number of pyridine rings is 1. The van der Waals surface area contributed by atoms with Gasteiger partial charge in [-0.2, -0.15) is 0 Å². The van der Waals surface area contributed by atoms with Crippen LogP contribution in [0.3, 0.4) is 0 Å². The Labute approximate surface area is 165 Å². The van der Waals surface area contributed by atoms with Crippen LogP contribution >= 0.6 is 17.0 Å². The molecule has 0 bridgehead atoms. The molecule has 25 heavy (non-hydrogen) atoms. The minimum absolute atomic E-state index is 0. The van der Waals surface area contributed by atoms with Crippen LogP contribution in [0.25, 0.3) is 10.8 Å². The average molecular weight is 406 g/mol. The lowest BCUT2D eigenvalue weighted by atomic mass is 10.0. The van der Waals surface area contributed by atoms with E-state index in [4.69, 9.17) is 0 Å². The highest BCUT2D eigenvalue weighted by Gasteiger charge is 2.01. The molecule has 2 heteroatoms. The first-order valence-corrected chi connectivity index (χ1v) is 10.2. The largest absolute Gasteiger partial charge is 0.261 e. The van der Waals surface area contributed by atoms with Gasteiger partial charge in [0.05, 0.1) is 0 Å². The van der Waals surface area contributed by atoms with Gasteiger partial charge in [0.1, 0.15) is 0 Å². The maximum Gasteiger partial charge on any atom is 0.0481 e. The first-order valence-electron chi connectivity index (χ1n) is 10.2. The van der Waals surface area contributed by atoms with Crippen molar-refractivity contribution < 1.29 is 0 Å². The Bertz CT molecular complexity index is 562. The zero-order valence-corrected chi connectivity index (χ0v) is 17.7. The van der Waals surface area contributed by atoms with Gasteiger partial charge in [0.15, 0.2) is 0 Å². The van der Waals surface area contributed by atoms with Gasteiger partial charge >= 0.3 is 0 Å². The average Bonchev–Trinajstić information content (AvgIpc) is 2.63. The van der Waals surface area contributed by atoms with E-state index >= 15 is 0 Å². The minimum atomic E-state index is 0. The summed E-state index contributed by atoms with van der Waals surface area (Å²) in [6, 6.07) is 10.7. The molecule has 0 unspecified atom stereocenters. The van der Waals surface area contributed by atoms with E-state index < -0.39 is 0 Å². The molecule has 0 aliphatic heterocycles. The number of unbranched alkanes of at least 4 members (excludes halogenated alkanes) is 11. The number of hydrogen-bond acceptors (Lipinski definition) is 1. The molecule has 0 saturated heterocycles. The lowest BCUT2D eigenvalue weighted by Crippen LogP contribution is -1.92. The van der Waals surface area contributed by atoms with Gasteiger partial charge in [-0.25, -0.2) is 0 Å². The fourth-order valence-corrected chi connectivity index (χ4v) is 3.51. The number of benzene rings is 1. The summed E-state index contributed by atoms with van der Waals surface area (Å²) in [6.45, 7) is 2.29. The van der Waals surface area contributed by atoms with Crippen LogP contribution in [0.2, 0.25) is 0 Å². The van der Waals surface area contributed by atoms with Crippen molar-refractivity contribution in [3.8, 4) is 0 Å². The van der Waals surface area contributed by atoms with E-state index in [9.17, 15) is 0 Å². The van der Waals surface area contributed by atoms with Crippen LogP contribution in [0.15, 0.2) is 36.5 Å². The predicted octanol–water partition coefficient (Wildman–Crippen LogP) is 8.06. The standard InChI is InChI=1S/C23H35N.BrH/c1-2-3-4-5-6-7-8-9-10-11-12-13-18-23-22-17-15-14-16-21(22)19-20-24-23;/h14-17,19-20H,2-13,18H2,1H3;1H. The summed E-state index contributed by atoms with van der Waals surface area (Å²) in [7, 11) is 0. The Hall–Kier alpha value is -0.890. The van der Waals surface area contributed by atoms with Gasteiger partial charge in [-0.15, -0.1) is 17.0 Å². The summed E-state index contributed by atoms with van der Waals surface area (Å²) in [4.78, 5) is 4.60. The zero-order valence-electron chi connectivity index (χ0n) is 16.0. The van der Waals surface area contributed by atoms with Crippen molar-refractivity contribution in [2.75, 3.05) is 0 Å². The summed E-state index contributed by atoms with van der Waals surface area (Å²) in [5, 5.41) is 2.66. The monoisotopic (exact) mass is 405 g/mol. The highest BCUT2D eigenvalue weighted by Crippen LogP contribution is 2.19. The van der Waals surface area contributed by atoms with E-state index in [1.54, 1.807) is 0 Å². The molecule has 1 aromatic carbocycles. The molecule has 0 N–H and O–H groups in total. The molecule has 1 nitrogen and oxygen atoms in total. The molecule has 1 aromatic heterocycles. The van der Waals surface area contributed by atoms with Crippen LogP contribution in [0.4, 0.5) is 0 Å². The predicted molar refractivity (Wildman–Crippen MR) is 117 cm³/mol. The van der Waals surface area contributed by atoms with E-state index in [1.165, 1.54) is 93.5 Å². The fourth-order valence-electron chi connectivity index (χ4n) is 3.51. The Morgan fingerprint density at radius 2 is 1.24 bits per heavy atom. The quantitative estimate of drug-likeness (QED) is 0.307. The Balaban J connectivity index is 0.00000312. The molecule has 140 valence electrons. The van der Waals surface area contributed by atoms with Gasteiger partial charge in [-0.1, -0.05) is 102 Å². The number of hydrogen-bond donors (Lipinski definition) is 0. The smallest absolute Gasteiger partial charge is 0.0481 e. The topological polar surface area (TPSA) is 12.9 Å². The second-order valence-electron chi connectivity index (χ2n) is 7.12. The number of nitrogens with zero attached hydrogens (tertiary/aromatic N) is 1. The highest BCUT2D eigenvalue weighted by atomic mass is 79.9. The zero-order chi connectivity index (χ0) is 16.9. The van der Waals surface area contributed by atoms with Gasteiger partial charge in [-0.3, -0.25) is 4.98 Å². The molecular weight excluding hydrogens is 370 g/mol. The molecule has 0 aliphatic rings. The van der Waals surface area contributed by atoms with Crippen molar-refractivity contribution in [2.24, 2.45) is 0 Å². The van der Waals surface area contributed by atoms with Gasteiger partial charge in [-0.05, 0) is 24.3 Å². The summed E-state index contributed by atoms with van der Waals surface area (Å²) in [5.74, 6) is 0. The number of halogens is 1. The van der Waals surface area contributed by atoms with Crippen LogP contribution in [0.1, 0.15) is 89.7 Å². The molecule has 0 spiro atoms. The lowest BCUT2D eigenvalue weighted by molar-refractivity contribution is 0.543. The van der Waals surface area contributed by atoms with E-state index in [0.717, 1.165) is 6.42 Å².